The molecule has 3 aromatic rings. The number of rotatable bonds is 3. The highest BCUT2D eigenvalue weighted by Crippen LogP contribution is 2.44. The Labute approximate surface area is 169 Å². The van der Waals surface area contributed by atoms with Crippen LogP contribution in [0.2, 0.25) is 0 Å². The Morgan fingerprint density at radius 1 is 1.14 bits per heavy atom. The van der Waals surface area contributed by atoms with Crippen LogP contribution in [-0.4, -0.2) is 40.9 Å². The lowest BCUT2D eigenvalue weighted by atomic mass is 9.84. The maximum absolute atomic E-state index is 10.4. The normalized spacial score (nSPS) is 27.4. The number of aromatic hydroxyl groups is 1. The average Bonchev–Trinajstić information content (AvgIpc) is 3.28. The van der Waals surface area contributed by atoms with Gasteiger partial charge in [-0.2, -0.15) is 0 Å². The van der Waals surface area contributed by atoms with E-state index in [4.69, 9.17) is 0 Å². The molecule has 2 saturated heterocycles. The summed E-state index contributed by atoms with van der Waals surface area (Å²) in [5.41, 5.74) is 3.70. The number of fused-ring (bicyclic) bond motifs is 2. The summed E-state index contributed by atoms with van der Waals surface area (Å²) in [4.78, 5) is 8.51. The van der Waals surface area contributed by atoms with Gasteiger partial charge in [-0.1, -0.05) is 5.57 Å². The fourth-order valence-corrected chi connectivity index (χ4v) is 4.80. The van der Waals surface area contributed by atoms with Gasteiger partial charge < -0.3 is 15.0 Å². The Balaban J connectivity index is 1.38. The minimum Gasteiger partial charge on any atom is -0.507 e. The van der Waals surface area contributed by atoms with Crippen molar-refractivity contribution in [1.29, 1.82) is 0 Å². The molecule has 2 fully saturated rings. The lowest BCUT2D eigenvalue weighted by molar-refractivity contribution is 0.282. The van der Waals surface area contributed by atoms with E-state index in [1.807, 2.05) is 22.9 Å². The molecule has 0 amide bonds. The highest BCUT2D eigenvalue weighted by Gasteiger charge is 2.46. The van der Waals surface area contributed by atoms with Gasteiger partial charge in [0, 0.05) is 35.1 Å². The molecule has 2 aromatic heterocycles. The lowest BCUT2D eigenvalue weighted by Gasteiger charge is -2.38. The van der Waals surface area contributed by atoms with Crippen molar-refractivity contribution in [3.63, 3.8) is 0 Å². The van der Waals surface area contributed by atoms with Crippen molar-refractivity contribution in [3.8, 4) is 22.7 Å². The Bertz CT molecular complexity index is 1060. The summed E-state index contributed by atoms with van der Waals surface area (Å²) in [6.07, 6.45) is 13.4. The van der Waals surface area contributed by atoms with Gasteiger partial charge in [-0.25, -0.2) is 9.97 Å². The van der Waals surface area contributed by atoms with Crippen LogP contribution < -0.4 is 5.32 Å². The van der Waals surface area contributed by atoms with Crippen LogP contribution in [-0.2, 0) is 0 Å². The van der Waals surface area contributed by atoms with Crippen LogP contribution in [0.5, 0.6) is 5.75 Å². The first-order chi connectivity index (χ1) is 13.9. The molecule has 148 valence electrons. The maximum Gasteiger partial charge on any atom is 0.174 e. The maximum atomic E-state index is 10.4. The van der Waals surface area contributed by atoms with Crippen LogP contribution in [0.4, 0.5) is 0 Å². The number of piperidine rings is 1. The predicted octanol–water partition coefficient (Wildman–Crippen LogP) is 3.51. The zero-order valence-electron chi connectivity index (χ0n) is 16.6. The fourth-order valence-electron chi connectivity index (χ4n) is 4.80. The first kappa shape index (κ1) is 18.0. The van der Waals surface area contributed by atoms with Crippen molar-refractivity contribution >= 4 is 6.08 Å². The summed E-state index contributed by atoms with van der Waals surface area (Å²) in [6, 6.07) is 5.40. The van der Waals surface area contributed by atoms with Crippen molar-refractivity contribution in [3.05, 3.63) is 54.5 Å². The number of benzene rings is 1. The van der Waals surface area contributed by atoms with E-state index in [1.165, 1.54) is 18.4 Å². The molecule has 2 atom stereocenters. The highest BCUT2D eigenvalue weighted by molar-refractivity contribution is 5.68. The van der Waals surface area contributed by atoms with E-state index in [0.29, 0.717) is 17.1 Å². The largest absolute Gasteiger partial charge is 0.507 e. The van der Waals surface area contributed by atoms with Gasteiger partial charge in [0.15, 0.2) is 5.82 Å². The van der Waals surface area contributed by atoms with Gasteiger partial charge in [-0.15, -0.1) is 10.2 Å². The predicted molar refractivity (Wildman–Crippen MR) is 110 cm³/mol. The van der Waals surface area contributed by atoms with Gasteiger partial charge in [-0.3, -0.25) is 0 Å². The highest BCUT2D eigenvalue weighted by atomic mass is 16.3. The van der Waals surface area contributed by atoms with Crippen molar-refractivity contribution < 1.29 is 5.11 Å². The zero-order chi connectivity index (χ0) is 20.1. The van der Waals surface area contributed by atoms with E-state index in [0.717, 1.165) is 18.5 Å². The molecule has 1 aromatic carbocycles. The summed E-state index contributed by atoms with van der Waals surface area (Å²) in [7, 11) is 0. The smallest absolute Gasteiger partial charge is 0.174 e. The van der Waals surface area contributed by atoms with E-state index in [-0.39, 0.29) is 16.8 Å². The average molecular weight is 388 g/mol. The van der Waals surface area contributed by atoms with Gasteiger partial charge in [0.2, 0.25) is 0 Å². The Morgan fingerprint density at radius 3 is 2.55 bits per heavy atom. The molecule has 0 radical (unpaired) electrons. The van der Waals surface area contributed by atoms with Gasteiger partial charge in [0.05, 0.1) is 18.2 Å². The number of nitrogens with one attached hydrogen (secondary N) is 1. The summed E-state index contributed by atoms with van der Waals surface area (Å²) in [6.45, 7) is 4.59. The van der Waals surface area contributed by atoms with E-state index >= 15 is 0 Å². The zero-order valence-corrected chi connectivity index (χ0v) is 16.6. The third kappa shape index (κ3) is 3.42. The monoisotopic (exact) mass is 388 g/mol. The molecule has 0 spiro atoms. The molecule has 4 heterocycles. The van der Waals surface area contributed by atoms with Crippen LogP contribution in [0.1, 0.15) is 45.4 Å². The third-order valence-electron chi connectivity index (χ3n) is 6.04. The number of phenols is 1. The minimum atomic E-state index is 0.134. The van der Waals surface area contributed by atoms with Crippen molar-refractivity contribution in [2.75, 3.05) is 0 Å². The first-order valence-electron chi connectivity index (χ1n) is 9.92. The first-order valence-corrected chi connectivity index (χ1v) is 9.92. The van der Waals surface area contributed by atoms with E-state index in [1.54, 1.807) is 24.8 Å². The Hall–Kier alpha value is -3.06. The molecular weight excluding hydrogens is 364 g/mol. The van der Waals surface area contributed by atoms with E-state index < -0.39 is 0 Å². The summed E-state index contributed by atoms with van der Waals surface area (Å²) >= 11 is 0. The van der Waals surface area contributed by atoms with Gasteiger partial charge in [0.1, 0.15) is 11.4 Å². The van der Waals surface area contributed by atoms with Gasteiger partial charge in [0.25, 0.3) is 0 Å². The lowest BCUT2D eigenvalue weighted by Crippen LogP contribution is -2.51. The van der Waals surface area contributed by atoms with Crippen LogP contribution >= 0.6 is 0 Å². The molecule has 0 saturated carbocycles. The molecule has 0 unspecified atom stereocenters. The second-order valence-corrected chi connectivity index (χ2v) is 8.78. The molecule has 5 rings (SSSR count). The fraction of sp³-hybridized carbons (Fsp3) is 0.364. The molecule has 2 aliphatic rings. The van der Waals surface area contributed by atoms with Crippen LogP contribution in [0.25, 0.3) is 23.0 Å². The SMILES string of the molecule is C[C@]12CC[C@](C)(C/C(=C\c3ncc(-c4ccc(-n5ccnc5)cc4O)nn3)C1)N2. The number of aromatic nitrogens is 5. The van der Waals surface area contributed by atoms with Crippen LogP contribution in [0, 0.1) is 0 Å². The molecule has 2 N–H and O–H groups in total. The molecule has 7 nitrogen and oxygen atoms in total. The summed E-state index contributed by atoms with van der Waals surface area (Å²) < 4.78 is 1.83. The standard InChI is InChI=1S/C22H24N6O/c1-21-5-6-22(2,27-21)12-15(11-21)9-20-24-13-18(25-26-20)17-4-3-16(10-19(17)29)28-8-7-23-14-28/h3-4,7-10,13-14,27,29H,5-6,11-12H2,1-2H3/b15-9-/t21-,22+/m0/s1. The molecule has 2 bridgehead atoms. The van der Waals surface area contributed by atoms with Crippen molar-refractivity contribution in [2.45, 2.75) is 50.6 Å². The second kappa shape index (κ2) is 6.49. The van der Waals surface area contributed by atoms with Crippen LogP contribution in [0.15, 0.2) is 48.7 Å². The third-order valence-corrected chi connectivity index (χ3v) is 6.04. The quantitative estimate of drug-likeness (QED) is 0.714. The van der Waals surface area contributed by atoms with Crippen molar-refractivity contribution in [1.82, 2.24) is 30.0 Å². The molecule has 29 heavy (non-hydrogen) atoms. The molecule has 7 heteroatoms. The second-order valence-electron chi connectivity index (χ2n) is 8.78. The minimum absolute atomic E-state index is 0.134. The summed E-state index contributed by atoms with van der Waals surface area (Å²) in [5, 5.41) is 22.8. The summed E-state index contributed by atoms with van der Waals surface area (Å²) in [5.74, 6) is 0.751. The van der Waals surface area contributed by atoms with E-state index in [2.05, 4.69) is 45.4 Å². The topological polar surface area (TPSA) is 88.8 Å². The Morgan fingerprint density at radius 2 is 1.93 bits per heavy atom. The van der Waals surface area contributed by atoms with Crippen LogP contribution in [0.3, 0.4) is 0 Å². The molecule has 2 aliphatic heterocycles. The Kier molecular flexibility index (Phi) is 4.03. The number of hydrogen-bond donors (Lipinski definition) is 2. The van der Waals surface area contributed by atoms with E-state index in [9.17, 15) is 5.11 Å². The number of hydrogen-bond acceptors (Lipinski definition) is 6. The number of imidazole rings is 1. The number of nitrogens with zero attached hydrogens (tertiary/aromatic N) is 5. The van der Waals surface area contributed by atoms with Gasteiger partial charge >= 0.3 is 0 Å². The number of phenolic OH excluding ortho intramolecular Hbond substituents is 1. The van der Waals surface area contributed by atoms with Gasteiger partial charge in [-0.05, 0) is 57.7 Å². The van der Waals surface area contributed by atoms with Crippen molar-refractivity contribution in [2.24, 2.45) is 0 Å². The molecular formula is C22H24N6O. The molecule has 0 aliphatic carbocycles.